The van der Waals surface area contributed by atoms with Crippen LogP contribution in [0.4, 0.5) is 18.0 Å². The molecular formula is C13H21F3N2O2. The lowest BCUT2D eigenvalue weighted by molar-refractivity contribution is -0.149. The maximum atomic E-state index is 12.6. The van der Waals surface area contributed by atoms with E-state index in [1.165, 1.54) is 0 Å². The minimum atomic E-state index is -4.15. The van der Waals surface area contributed by atoms with Gasteiger partial charge in [-0.1, -0.05) is 0 Å². The van der Waals surface area contributed by atoms with E-state index in [1.807, 2.05) is 0 Å². The van der Waals surface area contributed by atoms with Gasteiger partial charge in [-0.05, 0) is 32.1 Å². The van der Waals surface area contributed by atoms with Crippen LogP contribution in [-0.4, -0.2) is 48.9 Å². The number of piperidine rings is 1. The molecule has 0 bridgehead atoms. The lowest BCUT2D eigenvalue weighted by atomic mass is 9.91. The van der Waals surface area contributed by atoms with E-state index < -0.39 is 24.6 Å². The Labute approximate surface area is 116 Å². The van der Waals surface area contributed by atoms with Crippen molar-refractivity contribution >= 4 is 6.09 Å². The first kappa shape index (κ1) is 15.4. The number of halogens is 3. The molecule has 2 fully saturated rings. The summed E-state index contributed by atoms with van der Waals surface area (Å²) < 4.78 is 42.5. The summed E-state index contributed by atoms with van der Waals surface area (Å²) in [6, 6.07) is 0.147. The van der Waals surface area contributed by atoms with Crippen LogP contribution in [0.3, 0.4) is 0 Å². The van der Waals surface area contributed by atoms with Crippen LogP contribution >= 0.6 is 0 Å². The second-order valence-corrected chi connectivity index (χ2v) is 5.67. The lowest BCUT2D eigenvalue weighted by Gasteiger charge is -2.38. The number of hydrogen-bond donors (Lipinski definition) is 1. The highest BCUT2D eigenvalue weighted by atomic mass is 19.4. The smallest absolute Gasteiger partial charge is 0.407 e. The average molecular weight is 294 g/mol. The first-order valence-corrected chi connectivity index (χ1v) is 7.11. The van der Waals surface area contributed by atoms with Gasteiger partial charge in [0.1, 0.15) is 0 Å². The maximum absolute atomic E-state index is 12.6. The van der Waals surface area contributed by atoms with E-state index in [9.17, 15) is 18.0 Å². The van der Waals surface area contributed by atoms with Gasteiger partial charge >= 0.3 is 12.3 Å². The van der Waals surface area contributed by atoms with Crippen LogP contribution in [0.1, 0.15) is 32.6 Å². The molecule has 1 heterocycles. The summed E-state index contributed by atoms with van der Waals surface area (Å²) in [6.07, 6.45) is -3.01. The first-order valence-electron chi connectivity index (χ1n) is 7.11. The molecule has 2 unspecified atom stereocenters. The predicted octanol–water partition coefficient (Wildman–Crippen LogP) is 2.54. The molecule has 0 radical (unpaired) electrons. The summed E-state index contributed by atoms with van der Waals surface area (Å²) in [4.78, 5) is 13.5. The molecule has 0 aromatic heterocycles. The fraction of sp³-hybridized carbons (Fsp3) is 0.923. The Hall–Kier alpha value is -0.980. The minimum absolute atomic E-state index is 0.254. The Balaban J connectivity index is 1.91. The van der Waals surface area contributed by atoms with Crippen molar-refractivity contribution in [2.45, 2.75) is 50.9 Å². The zero-order valence-electron chi connectivity index (χ0n) is 11.6. The molecule has 2 atom stereocenters. The Bertz CT molecular complexity index is 345. The number of nitrogens with zero attached hydrogens (tertiary/aromatic N) is 1. The number of carbonyl (C=O) groups excluding carboxylic acids is 1. The molecule has 0 spiro atoms. The van der Waals surface area contributed by atoms with Crippen molar-refractivity contribution < 1.29 is 22.7 Å². The molecule has 1 saturated heterocycles. The molecule has 0 aromatic rings. The van der Waals surface area contributed by atoms with Crippen molar-refractivity contribution in [3.63, 3.8) is 0 Å². The van der Waals surface area contributed by atoms with Gasteiger partial charge in [-0.3, -0.25) is 4.90 Å². The number of likely N-dealkylation sites (tertiary alicyclic amines) is 1. The van der Waals surface area contributed by atoms with Gasteiger partial charge in [0.05, 0.1) is 6.61 Å². The highest BCUT2D eigenvalue weighted by Gasteiger charge is 2.40. The third kappa shape index (κ3) is 4.85. The Morgan fingerprint density at radius 2 is 2.05 bits per heavy atom. The van der Waals surface area contributed by atoms with E-state index in [0.29, 0.717) is 25.6 Å². The van der Waals surface area contributed by atoms with Crippen LogP contribution in [0.15, 0.2) is 0 Å². The summed E-state index contributed by atoms with van der Waals surface area (Å²) in [6.45, 7) is 3.06. The molecule has 1 aliphatic heterocycles. The van der Waals surface area contributed by atoms with Crippen molar-refractivity contribution in [1.82, 2.24) is 10.2 Å². The highest BCUT2D eigenvalue weighted by molar-refractivity contribution is 5.67. The minimum Gasteiger partial charge on any atom is -0.450 e. The van der Waals surface area contributed by atoms with E-state index in [0.717, 1.165) is 12.8 Å². The summed E-state index contributed by atoms with van der Waals surface area (Å²) in [7, 11) is 0. The molecule has 1 saturated carbocycles. The topological polar surface area (TPSA) is 41.6 Å². The monoisotopic (exact) mass is 294 g/mol. The Kier molecular flexibility index (Phi) is 4.78. The van der Waals surface area contributed by atoms with Gasteiger partial charge in [0.25, 0.3) is 0 Å². The van der Waals surface area contributed by atoms with Crippen LogP contribution in [0.5, 0.6) is 0 Å². The number of nitrogens with one attached hydrogen (secondary N) is 1. The summed E-state index contributed by atoms with van der Waals surface area (Å²) in [5, 5.41) is 2.68. The van der Waals surface area contributed by atoms with Crippen LogP contribution in [0.25, 0.3) is 0 Å². The maximum Gasteiger partial charge on any atom is 0.407 e. The molecule has 4 nitrogen and oxygen atoms in total. The van der Waals surface area contributed by atoms with Gasteiger partial charge in [-0.15, -0.1) is 0 Å². The van der Waals surface area contributed by atoms with Crippen molar-refractivity contribution in [2.24, 2.45) is 5.92 Å². The summed E-state index contributed by atoms with van der Waals surface area (Å²) in [5.74, 6) is -0.448. The summed E-state index contributed by atoms with van der Waals surface area (Å²) in [5.41, 5.74) is 0. The van der Waals surface area contributed by atoms with Gasteiger partial charge in [-0.2, -0.15) is 13.2 Å². The van der Waals surface area contributed by atoms with Gasteiger partial charge in [0.2, 0.25) is 0 Å². The molecular weight excluding hydrogens is 273 g/mol. The fourth-order valence-electron chi connectivity index (χ4n) is 2.90. The molecule has 1 aliphatic carbocycles. The van der Waals surface area contributed by atoms with E-state index in [1.54, 1.807) is 6.92 Å². The van der Waals surface area contributed by atoms with Crippen LogP contribution in [0.2, 0.25) is 0 Å². The number of hydrogen-bond acceptors (Lipinski definition) is 3. The molecule has 0 aromatic carbocycles. The zero-order chi connectivity index (χ0) is 14.8. The number of amides is 1. The second kappa shape index (κ2) is 6.20. The van der Waals surface area contributed by atoms with Crippen molar-refractivity contribution in [2.75, 3.05) is 19.7 Å². The highest BCUT2D eigenvalue weighted by Crippen LogP contribution is 2.35. The standard InChI is InChI=1S/C13H21F3N2O2/c1-2-20-12(19)17-10-5-9(6-13(14,15)16)7-18(8-10)11-3-4-11/h9-11H,2-8H2,1H3,(H,17,19). The molecule has 20 heavy (non-hydrogen) atoms. The molecule has 2 rings (SSSR count). The van der Waals surface area contributed by atoms with Crippen molar-refractivity contribution in [3.8, 4) is 0 Å². The van der Waals surface area contributed by atoms with Crippen LogP contribution in [-0.2, 0) is 4.74 Å². The largest absolute Gasteiger partial charge is 0.450 e. The third-order valence-electron chi connectivity index (χ3n) is 3.75. The number of carbonyl (C=O) groups is 1. The van der Waals surface area contributed by atoms with Gasteiger partial charge in [0.15, 0.2) is 0 Å². The number of alkyl carbamates (subject to hydrolysis) is 1. The molecule has 1 N–H and O–H groups in total. The molecule has 1 amide bonds. The SMILES string of the molecule is CCOC(=O)NC1CC(CC(F)(F)F)CN(C2CC2)C1. The number of rotatable bonds is 4. The van der Waals surface area contributed by atoms with Gasteiger partial charge in [0, 0.05) is 31.6 Å². The first-order chi connectivity index (χ1) is 9.37. The summed E-state index contributed by atoms with van der Waals surface area (Å²) >= 11 is 0. The van der Waals surface area contributed by atoms with Crippen molar-refractivity contribution in [1.29, 1.82) is 0 Å². The van der Waals surface area contributed by atoms with E-state index in [-0.39, 0.29) is 12.6 Å². The van der Waals surface area contributed by atoms with Crippen LogP contribution in [0, 0.1) is 5.92 Å². The normalized spacial score (nSPS) is 28.2. The van der Waals surface area contributed by atoms with Crippen molar-refractivity contribution in [3.05, 3.63) is 0 Å². The predicted molar refractivity (Wildman–Crippen MR) is 67.3 cm³/mol. The average Bonchev–Trinajstić information content (AvgIpc) is 3.09. The third-order valence-corrected chi connectivity index (χ3v) is 3.75. The molecule has 7 heteroatoms. The van der Waals surface area contributed by atoms with Gasteiger partial charge < -0.3 is 10.1 Å². The Morgan fingerprint density at radius 1 is 1.35 bits per heavy atom. The van der Waals surface area contributed by atoms with E-state index in [2.05, 4.69) is 10.2 Å². The van der Waals surface area contributed by atoms with E-state index >= 15 is 0 Å². The number of ether oxygens (including phenoxy) is 1. The zero-order valence-corrected chi connectivity index (χ0v) is 11.6. The Morgan fingerprint density at radius 3 is 2.60 bits per heavy atom. The number of alkyl halides is 3. The second-order valence-electron chi connectivity index (χ2n) is 5.67. The van der Waals surface area contributed by atoms with E-state index in [4.69, 9.17) is 4.74 Å². The quantitative estimate of drug-likeness (QED) is 0.866. The lowest BCUT2D eigenvalue weighted by Crippen LogP contribution is -2.52. The molecule has 2 aliphatic rings. The molecule has 116 valence electrons. The van der Waals surface area contributed by atoms with Crippen LogP contribution < -0.4 is 5.32 Å². The fourth-order valence-corrected chi connectivity index (χ4v) is 2.90. The van der Waals surface area contributed by atoms with Gasteiger partial charge in [-0.25, -0.2) is 4.79 Å².